The Hall–Kier alpha value is -1.78. The lowest BCUT2D eigenvalue weighted by Crippen LogP contribution is -2.57. The van der Waals surface area contributed by atoms with E-state index in [0.717, 1.165) is 21.4 Å². The molecule has 4 rings (SSSR count). The number of aliphatic hydroxyl groups excluding tert-OH is 1. The fraction of sp³-hybridized carbons (Fsp3) is 0.478. The predicted molar refractivity (Wildman–Crippen MR) is 145 cm³/mol. The number of carbonyl (C=O) groups is 3. The van der Waals surface area contributed by atoms with Gasteiger partial charge in [-0.25, -0.2) is 4.98 Å². The van der Waals surface area contributed by atoms with E-state index in [9.17, 15) is 19.5 Å². The highest BCUT2D eigenvalue weighted by Gasteiger charge is 2.40. The molecular weight excluding hydrogens is 678 g/mol. The maximum Gasteiger partial charge on any atom is 0.245 e. The van der Waals surface area contributed by atoms with Crippen LogP contribution >= 0.6 is 45.2 Å². The summed E-state index contributed by atoms with van der Waals surface area (Å²) in [4.78, 5) is 50.3. The van der Waals surface area contributed by atoms with Crippen molar-refractivity contribution < 1.29 is 19.5 Å². The molecule has 0 spiro atoms. The Morgan fingerprint density at radius 2 is 2.00 bits per heavy atom. The smallest absolute Gasteiger partial charge is 0.245 e. The van der Waals surface area contributed by atoms with Gasteiger partial charge in [-0.3, -0.25) is 14.4 Å². The Balaban J connectivity index is 1.54. The number of hydrogen-bond acceptors (Lipinski definition) is 6. The summed E-state index contributed by atoms with van der Waals surface area (Å²) in [6.45, 7) is 0.796. The zero-order valence-electron chi connectivity index (χ0n) is 19.0. The highest BCUT2D eigenvalue weighted by atomic mass is 127. The van der Waals surface area contributed by atoms with Crippen molar-refractivity contribution in [1.82, 2.24) is 25.1 Å². The van der Waals surface area contributed by atoms with Crippen molar-refractivity contribution in [3.63, 3.8) is 0 Å². The van der Waals surface area contributed by atoms with Crippen molar-refractivity contribution in [2.75, 3.05) is 6.54 Å². The number of nitrogens with zero attached hydrogens (tertiary/aromatic N) is 3. The molecule has 35 heavy (non-hydrogen) atoms. The summed E-state index contributed by atoms with van der Waals surface area (Å²) in [5.74, 6) is -0.747. The molecule has 0 bridgehead atoms. The van der Waals surface area contributed by atoms with E-state index in [1.807, 2.05) is 30.3 Å². The minimum atomic E-state index is -1.15. The number of aromatic amines is 1. The topological polar surface area (TPSA) is 145 Å². The number of hydrogen-bond donors (Lipinski definition) is 4. The van der Waals surface area contributed by atoms with Crippen LogP contribution < -0.4 is 11.1 Å². The van der Waals surface area contributed by atoms with Gasteiger partial charge in [-0.05, 0) is 70.0 Å². The van der Waals surface area contributed by atoms with Gasteiger partial charge in [0.15, 0.2) is 3.83 Å². The fourth-order valence-corrected chi connectivity index (χ4v) is 6.40. The van der Waals surface area contributed by atoms with E-state index >= 15 is 0 Å². The maximum atomic E-state index is 13.6. The number of amides is 3. The molecule has 188 valence electrons. The molecule has 1 aromatic heterocycles. The summed E-state index contributed by atoms with van der Waals surface area (Å²) in [6, 6.07) is 7.48. The summed E-state index contributed by atoms with van der Waals surface area (Å²) in [6.07, 6.45) is 1.07. The summed E-state index contributed by atoms with van der Waals surface area (Å²) in [7, 11) is 0. The molecule has 0 radical (unpaired) electrons. The molecule has 5 N–H and O–H groups in total. The van der Waals surface area contributed by atoms with Crippen LogP contribution in [-0.4, -0.2) is 73.5 Å². The van der Waals surface area contributed by atoms with Crippen LogP contribution in [0.4, 0.5) is 0 Å². The molecule has 2 aliphatic rings. The Morgan fingerprint density at radius 3 is 2.66 bits per heavy atom. The van der Waals surface area contributed by atoms with Gasteiger partial charge in [0.1, 0.15) is 22.0 Å². The number of aromatic nitrogens is 2. The molecule has 3 amide bonds. The average molecular weight is 706 g/mol. The predicted octanol–water partition coefficient (Wildman–Crippen LogP) is 1.11. The van der Waals surface area contributed by atoms with Crippen LogP contribution in [0.25, 0.3) is 0 Å². The largest absolute Gasteiger partial charge is 0.377 e. The molecule has 2 aromatic rings. The Morgan fingerprint density at radius 1 is 1.26 bits per heavy atom. The van der Waals surface area contributed by atoms with E-state index in [1.165, 1.54) is 0 Å². The SMILES string of the molecule is NC(O)C1CCCN1C(=O)C(Cc1[nH]c(I)nc1I)NC(=O)C1CCC(=O)N1Cc1ccccc1. The van der Waals surface area contributed by atoms with Crippen LogP contribution in [-0.2, 0) is 27.3 Å². The monoisotopic (exact) mass is 706 g/mol. The third-order valence-corrected chi connectivity index (χ3v) is 7.93. The molecule has 3 heterocycles. The van der Waals surface area contributed by atoms with E-state index in [4.69, 9.17) is 5.73 Å². The number of rotatable bonds is 8. The molecule has 1 aromatic carbocycles. The van der Waals surface area contributed by atoms with Gasteiger partial charge in [0.05, 0.1) is 11.7 Å². The standard InChI is InChI=1S/C23H28I2N6O4/c24-19-14(28-23(25)29-19)11-15(22(35)30-10-4-7-16(30)20(26)33)27-21(34)17-8-9-18(32)31(17)12-13-5-2-1-3-6-13/h1-3,5-6,15-17,20,33H,4,7-12,26H2,(H,27,34)(H,28,29). The Bertz CT molecular complexity index is 1080. The van der Waals surface area contributed by atoms with Gasteiger partial charge in [-0.2, -0.15) is 0 Å². The first-order chi connectivity index (χ1) is 16.7. The van der Waals surface area contributed by atoms with E-state index in [0.29, 0.717) is 29.8 Å². The highest BCUT2D eigenvalue weighted by molar-refractivity contribution is 14.1. The van der Waals surface area contributed by atoms with Crippen molar-refractivity contribution in [1.29, 1.82) is 0 Å². The van der Waals surface area contributed by atoms with Crippen LogP contribution in [0, 0.1) is 7.53 Å². The van der Waals surface area contributed by atoms with E-state index in [-0.39, 0.29) is 30.6 Å². The molecule has 0 aliphatic carbocycles. The van der Waals surface area contributed by atoms with E-state index in [1.54, 1.807) is 9.80 Å². The van der Waals surface area contributed by atoms with Gasteiger partial charge in [-0.1, -0.05) is 30.3 Å². The molecular formula is C23H28I2N6O4. The number of H-pyrrole nitrogens is 1. The first-order valence-electron chi connectivity index (χ1n) is 11.5. The Labute approximate surface area is 230 Å². The molecule has 12 heteroatoms. The number of halogens is 2. The van der Waals surface area contributed by atoms with Crippen LogP contribution in [0.2, 0.25) is 0 Å². The minimum absolute atomic E-state index is 0.0830. The quantitative estimate of drug-likeness (QED) is 0.239. The number of likely N-dealkylation sites (tertiary alicyclic amines) is 2. The van der Waals surface area contributed by atoms with Crippen LogP contribution in [0.5, 0.6) is 0 Å². The van der Waals surface area contributed by atoms with Gasteiger partial charge in [0.2, 0.25) is 17.7 Å². The summed E-state index contributed by atoms with van der Waals surface area (Å²) in [5.41, 5.74) is 7.40. The summed E-state index contributed by atoms with van der Waals surface area (Å²) >= 11 is 4.16. The number of nitrogens with one attached hydrogen (secondary N) is 2. The van der Waals surface area contributed by atoms with Crippen LogP contribution in [0.1, 0.15) is 36.9 Å². The van der Waals surface area contributed by atoms with Gasteiger partial charge < -0.3 is 30.9 Å². The lowest BCUT2D eigenvalue weighted by molar-refractivity contribution is -0.141. The van der Waals surface area contributed by atoms with E-state index in [2.05, 4.69) is 60.5 Å². The molecule has 2 saturated heterocycles. The van der Waals surface area contributed by atoms with Gasteiger partial charge in [0.25, 0.3) is 0 Å². The number of benzene rings is 1. The molecule has 2 aliphatic heterocycles. The van der Waals surface area contributed by atoms with Crippen molar-refractivity contribution in [2.24, 2.45) is 5.73 Å². The van der Waals surface area contributed by atoms with Crippen molar-refractivity contribution >= 4 is 62.9 Å². The van der Waals surface area contributed by atoms with Gasteiger partial charge >= 0.3 is 0 Å². The summed E-state index contributed by atoms with van der Waals surface area (Å²) in [5, 5.41) is 12.9. The zero-order chi connectivity index (χ0) is 25.1. The van der Waals surface area contributed by atoms with Gasteiger partial charge in [-0.15, -0.1) is 0 Å². The van der Waals surface area contributed by atoms with Crippen molar-refractivity contribution in [2.45, 2.75) is 63.0 Å². The van der Waals surface area contributed by atoms with Crippen molar-refractivity contribution in [3.05, 3.63) is 49.1 Å². The van der Waals surface area contributed by atoms with Crippen molar-refractivity contribution in [3.8, 4) is 0 Å². The maximum absolute atomic E-state index is 13.6. The molecule has 2 fully saturated rings. The van der Waals surface area contributed by atoms with Gasteiger partial charge in [0, 0.05) is 25.9 Å². The third-order valence-electron chi connectivity index (χ3n) is 6.53. The van der Waals surface area contributed by atoms with Crippen LogP contribution in [0.3, 0.4) is 0 Å². The lowest BCUT2D eigenvalue weighted by Gasteiger charge is -2.32. The Kier molecular flexibility index (Phi) is 8.65. The molecule has 0 saturated carbocycles. The van der Waals surface area contributed by atoms with E-state index < -0.39 is 24.4 Å². The molecule has 4 unspecified atom stereocenters. The molecule has 4 atom stereocenters. The third kappa shape index (κ3) is 6.14. The number of carbonyl (C=O) groups excluding carboxylic acids is 3. The second-order valence-electron chi connectivity index (χ2n) is 8.86. The second kappa shape index (κ2) is 11.5. The van der Waals surface area contributed by atoms with Crippen LogP contribution in [0.15, 0.2) is 30.3 Å². The zero-order valence-corrected chi connectivity index (χ0v) is 23.3. The lowest BCUT2D eigenvalue weighted by atomic mass is 10.1. The molecule has 10 nitrogen and oxygen atoms in total. The number of aliphatic hydroxyl groups is 1. The fourth-order valence-electron chi connectivity index (χ4n) is 4.77. The second-order valence-corrected chi connectivity index (χ2v) is 10.9. The average Bonchev–Trinajstić information content (AvgIpc) is 3.53. The minimum Gasteiger partial charge on any atom is -0.377 e. The number of nitrogens with two attached hydrogens (primary N) is 1. The number of imidazole rings is 1. The first-order valence-corrected chi connectivity index (χ1v) is 13.7. The summed E-state index contributed by atoms with van der Waals surface area (Å²) < 4.78 is 1.41. The normalized spacial score (nSPS) is 21.9. The first kappa shape index (κ1) is 26.3. The highest BCUT2D eigenvalue weighted by Crippen LogP contribution is 2.24.